The number of anilines is 1. The molecule has 3 aromatic rings. The van der Waals surface area contributed by atoms with E-state index in [-0.39, 0.29) is 11.9 Å². The van der Waals surface area contributed by atoms with Gasteiger partial charge in [-0.15, -0.1) is 0 Å². The van der Waals surface area contributed by atoms with E-state index in [9.17, 15) is 4.79 Å². The van der Waals surface area contributed by atoms with E-state index in [1.807, 2.05) is 23.1 Å². The number of amides is 1. The average molecular weight is 357 g/mol. The fourth-order valence-electron chi connectivity index (χ4n) is 3.19. The molecule has 1 atom stereocenters. The molecule has 128 valence electrons. The molecule has 1 fully saturated rings. The molecule has 0 bridgehead atoms. The van der Waals surface area contributed by atoms with Gasteiger partial charge in [-0.3, -0.25) is 4.79 Å². The Morgan fingerprint density at radius 3 is 2.92 bits per heavy atom. The van der Waals surface area contributed by atoms with Crippen LogP contribution < -0.4 is 5.32 Å². The highest BCUT2D eigenvalue weighted by molar-refractivity contribution is 6.31. The van der Waals surface area contributed by atoms with Crippen molar-refractivity contribution in [3.63, 3.8) is 0 Å². The van der Waals surface area contributed by atoms with Gasteiger partial charge in [-0.05, 0) is 31.0 Å². The van der Waals surface area contributed by atoms with Gasteiger partial charge in [0.25, 0.3) is 5.91 Å². The molecule has 1 saturated heterocycles. The Labute approximate surface area is 149 Å². The molecule has 1 unspecified atom stereocenters. The van der Waals surface area contributed by atoms with Gasteiger partial charge in [-0.25, -0.2) is 15.0 Å². The number of hydrogen-bond acceptors (Lipinski definition) is 5. The van der Waals surface area contributed by atoms with Crippen LogP contribution in [0.3, 0.4) is 0 Å². The smallest absolute Gasteiger partial charge is 0.257 e. The van der Waals surface area contributed by atoms with Crippen LogP contribution in [0.5, 0.6) is 0 Å². The molecule has 1 aliphatic rings. The van der Waals surface area contributed by atoms with E-state index in [1.54, 1.807) is 19.4 Å². The molecule has 4 rings (SSSR count). The number of aromatic nitrogens is 4. The number of aromatic amines is 1. The Kier molecular flexibility index (Phi) is 4.01. The minimum Gasteiger partial charge on any atom is -0.357 e. The summed E-state index contributed by atoms with van der Waals surface area (Å²) in [5.74, 6) is 1.20. The van der Waals surface area contributed by atoms with E-state index >= 15 is 0 Å². The molecule has 1 aromatic carbocycles. The number of nitrogens with one attached hydrogen (secondary N) is 2. The van der Waals surface area contributed by atoms with Crippen LogP contribution in [0.25, 0.3) is 11.0 Å². The summed E-state index contributed by atoms with van der Waals surface area (Å²) in [4.78, 5) is 30.9. The van der Waals surface area contributed by atoms with Crippen LogP contribution >= 0.6 is 11.6 Å². The van der Waals surface area contributed by atoms with Gasteiger partial charge in [0.05, 0.1) is 22.6 Å². The Morgan fingerprint density at radius 1 is 1.36 bits per heavy atom. The Hall–Kier alpha value is -2.67. The molecule has 0 radical (unpaired) electrons. The fraction of sp³-hybridized carbons (Fsp3) is 0.294. The van der Waals surface area contributed by atoms with Crippen molar-refractivity contribution in [2.24, 2.45) is 0 Å². The zero-order valence-electron chi connectivity index (χ0n) is 13.7. The van der Waals surface area contributed by atoms with Crippen molar-refractivity contribution in [3.05, 3.63) is 47.0 Å². The molecule has 3 heterocycles. The Bertz CT molecular complexity index is 923. The third kappa shape index (κ3) is 2.91. The van der Waals surface area contributed by atoms with Crippen molar-refractivity contribution >= 4 is 34.5 Å². The first kappa shape index (κ1) is 15.8. The van der Waals surface area contributed by atoms with Crippen molar-refractivity contribution in [3.8, 4) is 0 Å². The maximum atomic E-state index is 12.9. The number of imidazole rings is 1. The molecule has 0 aliphatic carbocycles. The molecular weight excluding hydrogens is 340 g/mol. The lowest BCUT2D eigenvalue weighted by Gasteiger charge is -2.23. The lowest BCUT2D eigenvalue weighted by atomic mass is 10.2. The van der Waals surface area contributed by atoms with Gasteiger partial charge in [0.2, 0.25) is 5.95 Å². The number of H-pyrrole nitrogens is 1. The number of nitrogens with zero attached hydrogens (tertiary/aromatic N) is 4. The lowest BCUT2D eigenvalue weighted by molar-refractivity contribution is 0.0729. The molecule has 8 heteroatoms. The summed E-state index contributed by atoms with van der Waals surface area (Å²) >= 11 is 6.04. The molecule has 2 N–H and O–H groups in total. The topological polar surface area (TPSA) is 86.8 Å². The average Bonchev–Trinajstić information content (AvgIpc) is 3.27. The number of halogens is 1. The van der Waals surface area contributed by atoms with Gasteiger partial charge in [0.15, 0.2) is 0 Å². The monoisotopic (exact) mass is 356 g/mol. The van der Waals surface area contributed by atoms with E-state index in [2.05, 4.69) is 25.3 Å². The van der Waals surface area contributed by atoms with Crippen molar-refractivity contribution in [1.29, 1.82) is 0 Å². The van der Waals surface area contributed by atoms with E-state index in [0.29, 0.717) is 23.1 Å². The number of likely N-dealkylation sites (tertiary alicyclic amines) is 1. The third-order valence-electron chi connectivity index (χ3n) is 4.41. The number of fused-ring (bicyclic) bond motifs is 1. The van der Waals surface area contributed by atoms with Gasteiger partial charge in [-0.1, -0.05) is 11.6 Å². The number of benzene rings is 1. The summed E-state index contributed by atoms with van der Waals surface area (Å²) in [6, 6.07) is 5.46. The van der Waals surface area contributed by atoms with E-state index in [4.69, 9.17) is 11.6 Å². The molecule has 0 spiro atoms. The molecule has 1 aliphatic heterocycles. The standard InChI is InChI=1S/C17H17ClN6O/c1-19-17-20-8-10(9-21-17)16(25)24-6-2-3-14(24)15-22-12-5-4-11(18)7-13(12)23-15/h4-5,7-9,14H,2-3,6H2,1H3,(H,22,23)(H,19,20,21). The molecule has 7 nitrogen and oxygen atoms in total. The Morgan fingerprint density at radius 2 is 2.16 bits per heavy atom. The van der Waals surface area contributed by atoms with Crippen LogP contribution in [0.4, 0.5) is 5.95 Å². The normalized spacial score (nSPS) is 17.2. The first-order chi connectivity index (χ1) is 12.2. The van der Waals surface area contributed by atoms with Crippen molar-refractivity contribution in [2.75, 3.05) is 18.9 Å². The predicted octanol–water partition coefficient (Wildman–Crippen LogP) is 3.03. The van der Waals surface area contributed by atoms with Gasteiger partial charge in [0, 0.05) is 31.0 Å². The van der Waals surface area contributed by atoms with Gasteiger partial charge in [-0.2, -0.15) is 0 Å². The quantitative estimate of drug-likeness (QED) is 0.753. The van der Waals surface area contributed by atoms with Gasteiger partial charge >= 0.3 is 0 Å². The zero-order chi connectivity index (χ0) is 17.4. The van der Waals surface area contributed by atoms with Crippen LogP contribution in [0.1, 0.15) is 35.1 Å². The first-order valence-electron chi connectivity index (χ1n) is 8.11. The first-order valence-corrected chi connectivity index (χ1v) is 8.49. The Balaban J connectivity index is 1.63. The van der Waals surface area contributed by atoms with E-state index in [0.717, 1.165) is 29.7 Å². The highest BCUT2D eigenvalue weighted by Crippen LogP contribution is 2.33. The van der Waals surface area contributed by atoms with Crippen LogP contribution in [0.2, 0.25) is 5.02 Å². The summed E-state index contributed by atoms with van der Waals surface area (Å²) in [5, 5.41) is 3.50. The summed E-state index contributed by atoms with van der Waals surface area (Å²) in [5.41, 5.74) is 2.20. The highest BCUT2D eigenvalue weighted by atomic mass is 35.5. The van der Waals surface area contributed by atoms with Gasteiger partial charge in [0.1, 0.15) is 5.82 Å². The summed E-state index contributed by atoms with van der Waals surface area (Å²) in [6.45, 7) is 0.690. The SMILES string of the molecule is CNc1ncc(C(=O)N2CCCC2c2nc3ccc(Cl)cc3[nH]2)cn1. The second-order valence-electron chi connectivity index (χ2n) is 5.99. The largest absolute Gasteiger partial charge is 0.357 e. The molecule has 1 amide bonds. The molecule has 2 aromatic heterocycles. The van der Waals surface area contributed by atoms with E-state index < -0.39 is 0 Å². The minimum absolute atomic E-state index is 0.0800. The minimum atomic E-state index is -0.0809. The summed E-state index contributed by atoms with van der Waals surface area (Å²) in [7, 11) is 1.74. The molecule has 0 saturated carbocycles. The fourth-order valence-corrected chi connectivity index (χ4v) is 3.36. The maximum Gasteiger partial charge on any atom is 0.257 e. The van der Waals surface area contributed by atoms with Gasteiger partial charge < -0.3 is 15.2 Å². The van der Waals surface area contributed by atoms with Crippen molar-refractivity contribution < 1.29 is 4.79 Å². The van der Waals surface area contributed by atoms with Crippen LogP contribution in [-0.2, 0) is 0 Å². The van der Waals surface area contributed by atoms with Crippen LogP contribution in [0, 0.1) is 0 Å². The summed E-state index contributed by atoms with van der Waals surface area (Å²) < 4.78 is 0. The van der Waals surface area contributed by atoms with Crippen molar-refractivity contribution in [2.45, 2.75) is 18.9 Å². The van der Waals surface area contributed by atoms with Crippen LogP contribution in [0.15, 0.2) is 30.6 Å². The highest BCUT2D eigenvalue weighted by Gasteiger charge is 2.33. The number of hydrogen-bond donors (Lipinski definition) is 2. The van der Waals surface area contributed by atoms with Crippen LogP contribution in [-0.4, -0.2) is 44.3 Å². The number of carbonyl (C=O) groups is 1. The van der Waals surface area contributed by atoms with Crippen molar-refractivity contribution in [1.82, 2.24) is 24.8 Å². The predicted molar refractivity (Wildman–Crippen MR) is 95.7 cm³/mol. The second-order valence-corrected chi connectivity index (χ2v) is 6.42. The van der Waals surface area contributed by atoms with E-state index in [1.165, 1.54) is 0 Å². The molecular formula is C17H17ClN6O. The lowest BCUT2D eigenvalue weighted by Crippen LogP contribution is -2.31. The second kappa shape index (κ2) is 6.33. The number of rotatable bonds is 3. The third-order valence-corrected chi connectivity index (χ3v) is 4.65. The maximum absolute atomic E-state index is 12.9. The summed E-state index contributed by atoms with van der Waals surface area (Å²) in [6.07, 6.45) is 4.91. The molecule has 25 heavy (non-hydrogen) atoms. The number of carbonyl (C=O) groups excluding carboxylic acids is 1. The zero-order valence-corrected chi connectivity index (χ0v) is 14.4.